The molecule has 1 heterocycles. The topological polar surface area (TPSA) is 52.7 Å². The molecule has 0 bridgehead atoms. The molecule has 0 atom stereocenters. The third-order valence-corrected chi connectivity index (χ3v) is 4.23. The number of halogens is 2. The maximum Gasteiger partial charge on any atom is 0.255 e. The van der Waals surface area contributed by atoms with Crippen LogP contribution in [0.5, 0.6) is 0 Å². The van der Waals surface area contributed by atoms with E-state index in [4.69, 9.17) is 0 Å². The summed E-state index contributed by atoms with van der Waals surface area (Å²) in [7, 11) is 1.67. The average Bonchev–Trinajstić information content (AvgIpc) is 2.48. The summed E-state index contributed by atoms with van der Waals surface area (Å²) in [6.07, 6.45) is 0. The highest BCUT2D eigenvalue weighted by molar-refractivity contribution is 14.1. The van der Waals surface area contributed by atoms with Crippen LogP contribution in [0.2, 0.25) is 0 Å². The lowest BCUT2D eigenvalue weighted by atomic mass is 10.2. The molecule has 0 spiro atoms. The van der Waals surface area contributed by atoms with Gasteiger partial charge in [-0.3, -0.25) is 9.59 Å². The van der Waals surface area contributed by atoms with E-state index in [0.29, 0.717) is 18.7 Å². The van der Waals surface area contributed by atoms with Crippen molar-refractivity contribution in [1.82, 2.24) is 15.1 Å². The van der Waals surface area contributed by atoms with Crippen LogP contribution < -0.4 is 5.32 Å². The summed E-state index contributed by atoms with van der Waals surface area (Å²) in [6, 6.07) is 7.40. The maximum atomic E-state index is 12.3. The van der Waals surface area contributed by atoms with Crippen molar-refractivity contribution in [2.24, 2.45) is 0 Å². The van der Waals surface area contributed by atoms with Crippen molar-refractivity contribution < 1.29 is 9.59 Å². The zero-order valence-electron chi connectivity index (χ0n) is 11.8. The first kappa shape index (κ1) is 18.2. The number of piperazine rings is 1. The van der Waals surface area contributed by atoms with Crippen molar-refractivity contribution in [3.8, 4) is 0 Å². The van der Waals surface area contributed by atoms with E-state index in [1.54, 1.807) is 18.0 Å². The van der Waals surface area contributed by atoms with Crippen molar-refractivity contribution in [3.05, 3.63) is 33.4 Å². The first-order valence-electron chi connectivity index (χ1n) is 6.58. The quantitative estimate of drug-likeness (QED) is 0.744. The van der Waals surface area contributed by atoms with E-state index in [9.17, 15) is 9.59 Å². The Kier molecular flexibility index (Phi) is 7.41. The third-order valence-electron chi connectivity index (χ3n) is 3.29. The second-order valence-electron chi connectivity index (χ2n) is 4.77. The molecule has 1 saturated heterocycles. The Morgan fingerprint density at radius 2 is 1.90 bits per heavy atom. The van der Waals surface area contributed by atoms with Gasteiger partial charge in [0.25, 0.3) is 5.91 Å². The molecule has 0 aromatic heterocycles. The van der Waals surface area contributed by atoms with Gasteiger partial charge < -0.3 is 15.1 Å². The van der Waals surface area contributed by atoms with Crippen LogP contribution >= 0.6 is 35.0 Å². The highest BCUT2D eigenvalue weighted by atomic mass is 127. The van der Waals surface area contributed by atoms with Crippen molar-refractivity contribution >= 4 is 46.8 Å². The van der Waals surface area contributed by atoms with Crippen LogP contribution in [0.3, 0.4) is 0 Å². The molecule has 7 heteroatoms. The number of hydrogen-bond donors (Lipinski definition) is 1. The zero-order valence-corrected chi connectivity index (χ0v) is 14.8. The lowest BCUT2D eigenvalue weighted by Gasteiger charge is -2.29. The van der Waals surface area contributed by atoms with Crippen LogP contribution in [0, 0.1) is 3.57 Å². The minimum atomic E-state index is -0.113. The third kappa shape index (κ3) is 4.82. The van der Waals surface area contributed by atoms with Gasteiger partial charge in [0.05, 0.1) is 12.1 Å². The summed E-state index contributed by atoms with van der Waals surface area (Å²) in [5.41, 5.74) is 0.642. The van der Waals surface area contributed by atoms with Gasteiger partial charge in [0, 0.05) is 36.8 Å². The first-order valence-corrected chi connectivity index (χ1v) is 7.66. The monoisotopic (exact) mass is 423 g/mol. The predicted octanol–water partition coefficient (Wildman–Crippen LogP) is 1.22. The van der Waals surface area contributed by atoms with Crippen LogP contribution in [0.25, 0.3) is 0 Å². The number of hydrogen-bond acceptors (Lipinski definition) is 3. The van der Waals surface area contributed by atoms with Crippen LogP contribution in [-0.4, -0.2) is 61.4 Å². The van der Waals surface area contributed by atoms with Crippen LogP contribution in [0.15, 0.2) is 24.3 Å². The van der Waals surface area contributed by atoms with E-state index >= 15 is 0 Å². The Balaban J connectivity index is 0.00000220. The van der Waals surface area contributed by atoms with Gasteiger partial charge in [-0.05, 0) is 34.7 Å². The molecule has 2 rings (SSSR count). The number of benzene rings is 1. The molecule has 1 aromatic carbocycles. The number of rotatable bonds is 3. The fraction of sp³-hybridized carbons (Fsp3) is 0.429. The Labute approximate surface area is 144 Å². The smallest absolute Gasteiger partial charge is 0.255 e. The zero-order chi connectivity index (χ0) is 14.5. The lowest BCUT2D eigenvalue weighted by Crippen LogP contribution is -2.49. The molecule has 1 aliphatic heterocycles. The van der Waals surface area contributed by atoms with Crippen molar-refractivity contribution in [2.45, 2.75) is 0 Å². The fourth-order valence-corrected chi connectivity index (χ4v) is 2.75. The first-order chi connectivity index (χ1) is 9.59. The normalized spacial score (nSPS) is 14.3. The maximum absolute atomic E-state index is 12.3. The number of nitrogens with one attached hydrogen (secondary N) is 1. The highest BCUT2D eigenvalue weighted by Gasteiger charge is 2.21. The van der Waals surface area contributed by atoms with E-state index in [0.717, 1.165) is 16.7 Å². The molecule has 2 amide bonds. The molecule has 0 saturated carbocycles. The van der Waals surface area contributed by atoms with E-state index in [2.05, 4.69) is 27.9 Å². The molecule has 21 heavy (non-hydrogen) atoms. The fourth-order valence-electron chi connectivity index (χ4n) is 2.13. The van der Waals surface area contributed by atoms with Gasteiger partial charge in [-0.25, -0.2) is 0 Å². The molecule has 1 N–H and O–H groups in total. The molecule has 0 radical (unpaired) electrons. The van der Waals surface area contributed by atoms with E-state index in [-0.39, 0.29) is 30.8 Å². The standard InChI is InChI=1S/C14H18IN3O2.ClH/c1-17(10-13(19)18-8-6-16-7-9-18)14(20)11-4-2-3-5-12(11)15;/h2-5,16H,6-10H2,1H3;1H. The van der Waals surface area contributed by atoms with E-state index in [1.165, 1.54) is 4.90 Å². The number of amides is 2. The van der Waals surface area contributed by atoms with Gasteiger partial charge in [0.15, 0.2) is 0 Å². The summed E-state index contributed by atoms with van der Waals surface area (Å²) < 4.78 is 0.900. The van der Waals surface area contributed by atoms with Gasteiger partial charge >= 0.3 is 0 Å². The van der Waals surface area contributed by atoms with E-state index in [1.807, 2.05) is 18.2 Å². The molecule has 116 valence electrons. The summed E-state index contributed by atoms with van der Waals surface area (Å²) in [5, 5.41) is 3.20. The van der Waals surface area contributed by atoms with Crippen molar-refractivity contribution in [3.63, 3.8) is 0 Å². The molecule has 1 aliphatic rings. The van der Waals surface area contributed by atoms with E-state index < -0.39 is 0 Å². The number of nitrogens with zero attached hydrogens (tertiary/aromatic N) is 2. The summed E-state index contributed by atoms with van der Waals surface area (Å²) in [5.74, 6) is -0.105. The molecule has 1 aromatic rings. The summed E-state index contributed by atoms with van der Waals surface area (Å²) in [4.78, 5) is 27.7. The SMILES string of the molecule is CN(CC(=O)N1CCNCC1)C(=O)c1ccccc1I.Cl. The summed E-state index contributed by atoms with van der Waals surface area (Å²) >= 11 is 2.13. The second kappa shape index (κ2) is 8.55. The number of carbonyl (C=O) groups is 2. The van der Waals surface area contributed by atoms with Gasteiger partial charge in [0.2, 0.25) is 5.91 Å². The molecule has 0 unspecified atom stereocenters. The van der Waals surface area contributed by atoms with Gasteiger partial charge in [-0.2, -0.15) is 0 Å². The Hall–Kier alpha value is -0.860. The highest BCUT2D eigenvalue weighted by Crippen LogP contribution is 2.13. The molecule has 5 nitrogen and oxygen atoms in total. The van der Waals surface area contributed by atoms with Crippen molar-refractivity contribution in [1.29, 1.82) is 0 Å². The molecular weight excluding hydrogens is 405 g/mol. The minimum Gasteiger partial charge on any atom is -0.339 e. The Morgan fingerprint density at radius 1 is 1.29 bits per heavy atom. The molecular formula is C14H19ClIN3O2. The Bertz CT molecular complexity index is 507. The molecule has 1 fully saturated rings. The second-order valence-corrected chi connectivity index (χ2v) is 5.93. The lowest BCUT2D eigenvalue weighted by molar-refractivity contribution is -0.132. The van der Waals surface area contributed by atoms with Crippen LogP contribution in [0.4, 0.5) is 0 Å². The van der Waals surface area contributed by atoms with Crippen molar-refractivity contribution in [2.75, 3.05) is 39.8 Å². The van der Waals surface area contributed by atoms with Gasteiger partial charge in [0.1, 0.15) is 0 Å². The minimum absolute atomic E-state index is 0. The van der Waals surface area contributed by atoms with Crippen LogP contribution in [0.1, 0.15) is 10.4 Å². The van der Waals surface area contributed by atoms with Gasteiger partial charge in [-0.15, -0.1) is 12.4 Å². The molecule has 0 aliphatic carbocycles. The van der Waals surface area contributed by atoms with Crippen LogP contribution in [-0.2, 0) is 4.79 Å². The Morgan fingerprint density at radius 3 is 2.52 bits per heavy atom. The predicted molar refractivity (Wildman–Crippen MR) is 92.8 cm³/mol. The number of carbonyl (C=O) groups excluding carboxylic acids is 2. The number of likely N-dealkylation sites (N-methyl/N-ethyl adjacent to an activating group) is 1. The van der Waals surface area contributed by atoms with Gasteiger partial charge in [-0.1, -0.05) is 12.1 Å². The largest absolute Gasteiger partial charge is 0.339 e. The summed E-state index contributed by atoms with van der Waals surface area (Å²) in [6.45, 7) is 3.19. The average molecular weight is 424 g/mol.